The molecule has 5 aromatic rings. The van der Waals surface area contributed by atoms with Crippen molar-refractivity contribution in [2.45, 2.75) is 19.0 Å². The van der Waals surface area contributed by atoms with Crippen LogP contribution in [0.25, 0.3) is 6.08 Å². The normalized spacial score (nSPS) is 14.3. The average Bonchev–Trinajstić information content (AvgIpc) is 3.42. The van der Waals surface area contributed by atoms with E-state index in [4.69, 9.17) is 4.99 Å². The van der Waals surface area contributed by atoms with Crippen molar-refractivity contribution < 1.29 is 9.59 Å². The molecule has 0 spiro atoms. The third kappa shape index (κ3) is 7.54. The van der Waals surface area contributed by atoms with Gasteiger partial charge in [0.1, 0.15) is 11.5 Å². The average molecular weight is 637 g/mol. The molecule has 48 heavy (non-hydrogen) atoms. The molecule has 9 nitrogen and oxygen atoms in total. The first-order valence-corrected chi connectivity index (χ1v) is 15.7. The second-order valence-electron chi connectivity index (χ2n) is 11.9. The zero-order valence-corrected chi connectivity index (χ0v) is 26.8. The number of rotatable bonds is 11. The molecule has 3 aromatic carbocycles. The topological polar surface area (TPSA) is 109 Å². The molecular weight excluding hydrogens is 600 g/mol. The minimum atomic E-state index is -0.575. The lowest BCUT2D eigenvalue weighted by Gasteiger charge is -2.14. The number of hydrogen-bond donors (Lipinski definition) is 2. The van der Waals surface area contributed by atoms with E-state index in [9.17, 15) is 14.4 Å². The summed E-state index contributed by atoms with van der Waals surface area (Å²) in [5.41, 5.74) is 6.52. The van der Waals surface area contributed by atoms with E-state index in [2.05, 4.69) is 32.7 Å². The highest BCUT2D eigenvalue weighted by molar-refractivity contribution is 6.24. The first-order chi connectivity index (χ1) is 23.4. The summed E-state index contributed by atoms with van der Waals surface area (Å²) in [6.07, 6.45) is 8.69. The number of nitrogens with zero attached hydrogens (tertiary/aromatic N) is 4. The summed E-state index contributed by atoms with van der Waals surface area (Å²) in [7, 11) is 4.07. The Morgan fingerprint density at radius 2 is 1.77 bits per heavy atom. The van der Waals surface area contributed by atoms with Gasteiger partial charge in [0.25, 0.3) is 11.5 Å². The number of anilines is 1. The van der Waals surface area contributed by atoms with Gasteiger partial charge < -0.3 is 20.1 Å². The van der Waals surface area contributed by atoms with E-state index in [-0.39, 0.29) is 23.6 Å². The van der Waals surface area contributed by atoms with Gasteiger partial charge in [-0.2, -0.15) is 0 Å². The number of fused-ring (bicyclic) bond motifs is 1. The number of pyridine rings is 2. The Morgan fingerprint density at radius 3 is 2.52 bits per heavy atom. The first kappa shape index (κ1) is 32.0. The molecule has 1 atom stereocenters. The van der Waals surface area contributed by atoms with Crippen molar-refractivity contribution in [3.8, 4) is 0 Å². The van der Waals surface area contributed by atoms with Crippen LogP contribution >= 0.6 is 0 Å². The summed E-state index contributed by atoms with van der Waals surface area (Å²) in [5.74, 6) is -1.16. The highest BCUT2D eigenvalue weighted by Gasteiger charge is 2.35. The summed E-state index contributed by atoms with van der Waals surface area (Å²) in [6.45, 7) is 1.38. The van der Waals surface area contributed by atoms with E-state index >= 15 is 0 Å². The Morgan fingerprint density at radius 1 is 0.958 bits per heavy atom. The molecule has 0 fully saturated rings. The van der Waals surface area contributed by atoms with Gasteiger partial charge in [-0.05, 0) is 78.3 Å². The standard InChI is InChI=1S/C39H36N6O3/c1-44(2)25-28-14-17-31(18-15-28)42-36(30-11-4-3-5-12-30)35-32-19-16-27(23-34(32)43-38(35)47)9-7-21-41-37(46)33-13-8-22-45(39(33)48)26-29-10-6-20-40-24-29/h3-20,22-24,35H,21,25-26H2,1-2H3,(H,41,46)(H,43,47). The molecule has 1 aliphatic rings. The highest BCUT2D eigenvalue weighted by Crippen LogP contribution is 2.37. The van der Waals surface area contributed by atoms with E-state index in [0.29, 0.717) is 12.3 Å². The van der Waals surface area contributed by atoms with Crippen LogP contribution < -0.4 is 16.2 Å². The number of carbonyl (C=O) groups is 2. The zero-order chi connectivity index (χ0) is 33.5. The fourth-order valence-electron chi connectivity index (χ4n) is 5.70. The molecule has 0 saturated heterocycles. The molecule has 240 valence electrons. The molecule has 0 saturated carbocycles. The van der Waals surface area contributed by atoms with Crippen LogP contribution in [0.3, 0.4) is 0 Å². The van der Waals surface area contributed by atoms with Gasteiger partial charge >= 0.3 is 0 Å². The van der Waals surface area contributed by atoms with Crippen LogP contribution in [0.2, 0.25) is 0 Å². The van der Waals surface area contributed by atoms with Gasteiger partial charge in [0, 0.05) is 37.4 Å². The van der Waals surface area contributed by atoms with Crippen LogP contribution in [-0.4, -0.2) is 52.6 Å². The fraction of sp³-hybridized carbons (Fsp3) is 0.154. The van der Waals surface area contributed by atoms with Crippen molar-refractivity contribution in [2.24, 2.45) is 4.99 Å². The van der Waals surface area contributed by atoms with E-state index < -0.39 is 11.8 Å². The Labute approximate surface area is 279 Å². The number of hydrogen-bond acceptors (Lipinski definition) is 6. The third-order valence-electron chi connectivity index (χ3n) is 7.97. The smallest absolute Gasteiger partial charge is 0.263 e. The number of benzene rings is 3. The lowest BCUT2D eigenvalue weighted by atomic mass is 9.90. The fourth-order valence-corrected chi connectivity index (χ4v) is 5.70. The molecule has 1 unspecified atom stereocenters. The minimum Gasteiger partial charge on any atom is -0.348 e. The van der Waals surface area contributed by atoms with Gasteiger partial charge in [-0.1, -0.05) is 72.8 Å². The van der Waals surface area contributed by atoms with Gasteiger partial charge in [-0.3, -0.25) is 24.4 Å². The van der Waals surface area contributed by atoms with E-state index in [1.807, 2.05) is 93.0 Å². The Bertz CT molecular complexity index is 2030. The molecule has 0 bridgehead atoms. The van der Waals surface area contributed by atoms with Crippen molar-refractivity contribution in [1.82, 2.24) is 19.8 Å². The summed E-state index contributed by atoms with van der Waals surface area (Å²) in [5, 5.41) is 5.84. The Balaban J connectivity index is 1.16. The zero-order valence-electron chi connectivity index (χ0n) is 26.8. The molecule has 2 amide bonds. The van der Waals surface area contributed by atoms with E-state index in [1.54, 1.807) is 30.7 Å². The quantitative estimate of drug-likeness (QED) is 0.182. The van der Waals surface area contributed by atoms with Crippen LogP contribution in [0.4, 0.5) is 11.4 Å². The molecular formula is C39H36N6O3. The second kappa shape index (κ2) is 14.7. The maximum atomic E-state index is 13.5. The number of aliphatic imine (C=N–C) groups is 1. The molecule has 9 heteroatoms. The largest absolute Gasteiger partial charge is 0.348 e. The summed E-state index contributed by atoms with van der Waals surface area (Å²) in [4.78, 5) is 50.4. The monoisotopic (exact) mass is 636 g/mol. The van der Waals surface area contributed by atoms with Crippen molar-refractivity contribution in [1.29, 1.82) is 0 Å². The molecule has 0 radical (unpaired) electrons. The molecule has 6 rings (SSSR count). The number of nitrogens with one attached hydrogen (secondary N) is 2. The predicted molar refractivity (Wildman–Crippen MR) is 190 cm³/mol. The second-order valence-corrected chi connectivity index (χ2v) is 11.9. The lowest BCUT2D eigenvalue weighted by molar-refractivity contribution is -0.115. The summed E-state index contributed by atoms with van der Waals surface area (Å²) < 4.78 is 1.49. The number of carbonyl (C=O) groups excluding carboxylic acids is 2. The van der Waals surface area contributed by atoms with Gasteiger partial charge in [-0.25, -0.2) is 0 Å². The van der Waals surface area contributed by atoms with Crippen LogP contribution in [0.5, 0.6) is 0 Å². The Hall–Kier alpha value is -5.93. The van der Waals surface area contributed by atoms with Crippen molar-refractivity contribution in [3.63, 3.8) is 0 Å². The van der Waals surface area contributed by atoms with Crippen molar-refractivity contribution in [2.75, 3.05) is 26.0 Å². The lowest BCUT2D eigenvalue weighted by Crippen LogP contribution is -2.33. The van der Waals surface area contributed by atoms with Crippen LogP contribution in [0.15, 0.2) is 132 Å². The van der Waals surface area contributed by atoms with Gasteiger partial charge in [-0.15, -0.1) is 0 Å². The van der Waals surface area contributed by atoms with Crippen LogP contribution in [0, 0.1) is 0 Å². The van der Waals surface area contributed by atoms with Crippen LogP contribution in [0.1, 0.15) is 44.1 Å². The first-order valence-electron chi connectivity index (χ1n) is 15.7. The Kier molecular flexibility index (Phi) is 9.78. The van der Waals surface area contributed by atoms with E-state index in [1.165, 1.54) is 16.2 Å². The maximum Gasteiger partial charge on any atom is 0.263 e. The minimum absolute atomic E-state index is 0.0708. The van der Waals surface area contributed by atoms with Gasteiger partial charge in [0.05, 0.1) is 17.9 Å². The molecule has 2 N–H and O–H groups in total. The summed E-state index contributed by atoms with van der Waals surface area (Å²) in [6, 6.07) is 30.6. The van der Waals surface area contributed by atoms with Crippen LogP contribution in [-0.2, 0) is 17.9 Å². The predicted octanol–water partition coefficient (Wildman–Crippen LogP) is 5.65. The third-order valence-corrected chi connectivity index (χ3v) is 7.97. The molecule has 2 aromatic heterocycles. The van der Waals surface area contributed by atoms with E-state index in [0.717, 1.165) is 40.2 Å². The maximum absolute atomic E-state index is 13.5. The van der Waals surface area contributed by atoms with Crippen molar-refractivity contribution in [3.05, 3.63) is 165 Å². The SMILES string of the molecule is CN(C)Cc1ccc(N=C(c2ccccc2)C2C(=O)Nc3cc(C=CCNC(=O)c4cccn(Cc5cccnc5)c4=O)ccc32)cc1. The summed E-state index contributed by atoms with van der Waals surface area (Å²) >= 11 is 0. The molecule has 0 aliphatic carbocycles. The number of aromatic nitrogens is 2. The van der Waals surface area contributed by atoms with Gasteiger partial charge in [0.2, 0.25) is 5.91 Å². The highest BCUT2D eigenvalue weighted by atomic mass is 16.2. The molecule has 3 heterocycles. The van der Waals surface area contributed by atoms with Crippen molar-refractivity contribution >= 4 is 35.0 Å². The molecule has 1 aliphatic heterocycles. The van der Waals surface area contributed by atoms with Gasteiger partial charge in [0.15, 0.2) is 0 Å². The number of amides is 2.